The number of ether oxygens (including phenoxy) is 1. The van der Waals surface area contributed by atoms with Crippen LogP contribution in [0.5, 0.6) is 5.75 Å². The molecular formula is C18H19NO3S. The van der Waals surface area contributed by atoms with Gasteiger partial charge in [0.2, 0.25) is 10.0 Å². The molecule has 1 aliphatic rings. The molecule has 2 aromatic carbocycles. The van der Waals surface area contributed by atoms with Crippen LogP contribution in [0.3, 0.4) is 0 Å². The van der Waals surface area contributed by atoms with Gasteiger partial charge in [-0.25, -0.2) is 13.1 Å². The molecule has 0 saturated carbocycles. The molecule has 0 fully saturated rings. The Hall–Kier alpha value is -2.11. The highest BCUT2D eigenvalue weighted by atomic mass is 32.2. The fourth-order valence-electron chi connectivity index (χ4n) is 2.51. The Balaban J connectivity index is 1.62. The van der Waals surface area contributed by atoms with E-state index in [0.29, 0.717) is 13.2 Å². The van der Waals surface area contributed by atoms with Crippen molar-refractivity contribution in [3.8, 4) is 5.75 Å². The van der Waals surface area contributed by atoms with Gasteiger partial charge >= 0.3 is 0 Å². The molecule has 0 spiro atoms. The molecule has 120 valence electrons. The zero-order valence-electron chi connectivity index (χ0n) is 12.9. The van der Waals surface area contributed by atoms with Gasteiger partial charge in [-0.2, -0.15) is 0 Å². The number of aryl methyl sites for hydroxylation is 1. The van der Waals surface area contributed by atoms with Crippen LogP contribution in [0.25, 0.3) is 6.08 Å². The van der Waals surface area contributed by atoms with E-state index in [1.165, 1.54) is 5.41 Å². The van der Waals surface area contributed by atoms with E-state index in [-0.39, 0.29) is 5.92 Å². The third-order valence-corrected chi connectivity index (χ3v) is 4.91. The predicted molar refractivity (Wildman–Crippen MR) is 91.8 cm³/mol. The average Bonchev–Trinajstić information content (AvgIpc) is 2.96. The number of benzene rings is 2. The molecule has 23 heavy (non-hydrogen) atoms. The van der Waals surface area contributed by atoms with Crippen molar-refractivity contribution in [1.82, 2.24) is 4.72 Å². The molecule has 1 atom stereocenters. The van der Waals surface area contributed by atoms with Gasteiger partial charge in [-0.1, -0.05) is 48.0 Å². The molecule has 0 bridgehead atoms. The molecule has 2 aromatic rings. The molecule has 1 aliphatic heterocycles. The SMILES string of the molecule is Cc1ccc(/C=C/S(=O)(=O)NCC2COc3ccccc32)cc1. The highest BCUT2D eigenvalue weighted by Crippen LogP contribution is 2.32. The van der Waals surface area contributed by atoms with Crippen LogP contribution in [0.4, 0.5) is 0 Å². The summed E-state index contributed by atoms with van der Waals surface area (Å²) in [6.45, 7) is 2.83. The van der Waals surface area contributed by atoms with E-state index in [1.807, 2.05) is 55.5 Å². The highest BCUT2D eigenvalue weighted by molar-refractivity contribution is 7.92. The summed E-state index contributed by atoms with van der Waals surface area (Å²) in [6, 6.07) is 15.4. The molecule has 4 nitrogen and oxygen atoms in total. The molecule has 5 heteroatoms. The van der Waals surface area contributed by atoms with Crippen LogP contribution in [0.15, 0.2) is 53.9 Å². The number of hydrogen-bond donors (Lipinski definition) is 1. The number of rotatable bonds is 5. The standard InChI is InChI=1S/C18H19NO3S/c1-14-6-8-15(9-7-14)10-11-23(20,21)19-12-16-13-22-18-5-3-2-4-17(16)18/h2-11,16,19H,12-13H2,1H3/b11-10+. The number of para-hydroxylation sites is 1. The van der Waals surface area contributed by atoms with Crippen LogP contribution >= 0.6 is 0 Å². The number of nitrogens with one attached hydrogen (secondary N) is 1. The van der Waals surface area contributed by atoms with Crippen molar-refractivity contribution in [3.63, 3.8) is 0 Å². The lowest BCUT2D eigenvalue weighted by atomic mass is 10.0. The van der Waals surface area contributed by atoms with E-state index >= 15 is 0 Å². The molecule has 1 N–H and O–H groups in total. The zero-order chi connectivity index (χ0) is 16.3. The lowest BCUT2D eigenvalue weighted by Gasteiger charge is -2.09. The van der Waals surface area contributed by atoms with Gasteiger partial charge in [0.05, 0.1) is 6.61 Å². The normalized spacial score (nSPS) is 17.2. The van der Waals surface area contributed by atoms with Crippen molar-refractivity contribution >= 4 is 16.1 Å². The smallest absolute Gasteiger partial charge is 0.233 e. The zero-order valence-corrected chi connectivity index (χ0v) is 13.7. The number of fused-ring (bicyclic) bond motifs is 1. The molecule has 0 saturated heterocycles. The maximum absolute atomic E-state index is 12.1. The Kier molecular flexibility index (Phi) is 4.50. The summed E-state index contributed by atoms with van der Waals surface area (Å²) < 4.78 is 32.4. The van der Waals surface area contributed by atoms with Gasteiger partial charge in [-0.15, -0.1) is 0 Å². The second kappa shape index (κ2) is 6.56. The van der Waals surface area contributed by atoms with Gasteiger partial charge < -0.3 is 4.74 Å². The van der Waals surface area contributed by atoms with Crippen LogP contribution in [0.2, 0.25) is 0 Å². The Morgan fingerprint density at radius 1 is 1.17 bits per heavy atom. The third-order valence-electron chi connectivity index (χ3n) is 3.85. The van der Waals surface area contributed by atoms with Crippen molar-refractivity contribution in [1.29, 1.82) is 0 Å². The van der Waals surface area contributed by atoms with Gasteiger partial charge in [-0.3, -0.25) is 0 Å². The summed E-state index contributed by atoms with van der Waals surface area (Å²) in [6.07, 6.45) is 1.60. The van der Waals surface area contributed by atoms with Gasteiger partial charge in [0, 0.05) is 23.4 Å². The largest absolute Gasteiger partial charge is 0.493 e. The van der Waals surface area contributed by atoms with Crippen LogP contribution in [0.1, 0.15) is 22.6 Å². The van der Waals surface area contributed by atoms with Crippen molar-refractivity contribution in [2.75, 3.05) is 13.2 Å². The van der Waals surface area contributed by atoms with E-state index in [2.05, 4.69) is 4.72 Å². The predicted octanol–water partition coefficient (Wildman–Crippen LogP) is 3.06. The molecular weight excluding hydrogens is 310 g/mol. The minimum absolute atomic E-state index is 0.0498. The maximum atomic E-state index is 12.1. The van der Waals surface area contributed by atoms with Crippen molar-refractivity contribution < 1.29 is 13.2 Å². The minimum atomic E-state index is -3.47. The molecule has 0 radical (unpaired) electrons. The molecule has 0 aliphatic carbocycles. The monoisotopic (exact) mass is 329 g/mol. The minimum Gasteiger partial charge on any atom is -0.493 e. The lowest BCUT2D eigenvalue weighted by molar-refractivity contribution is 0.330. The Morgan fingerprint density at radius 2 is 1.91 bits per heavy atom. The first-order valence-electron chi connectivity index (χ1n) is 7.50. The van der Waals surface area contributed by atoms with Crippen LogP contribution in [-0.2, 0) is 10.0 Å². The summed E-state index contributed by atoms with van der Waals surface area (Å²) >= 11 is 0. The van der Waals surface area contributed by atoms with Crippen LogP contribution in [0, 0.1) is 6.92 Å². The van der Waals surface area contributed by atoms with Crippen molar-refractivity contribution in [3.05, 3.63) is 70.6 Å². The molecule has 3 rings (SSSR count). The van der Waals surface area contributed by atoms with Gasteiger partial charge in [-0.05, 0) is 24.6 Å². The summed E-state index contributed by atoms with van der Waals surface area (Å²) in [4.78, 5) is 0. The first-order valence-corrected chi connectivity index (χ1v) is 9.04. The maximum Gasteiger partial charge on any atom is 0.233 e. The number of hydrogen-bond acceptors (Lipinski definition) is 3. The van der Waals surface area contributed by atoms with Gasteiger partial charge in [0.25, 0.3) is 0 Å². The fourth-order valence-corrected chi connectivity index (χ4v) is 3.37. The van der Waals surface area contributed by atoms with Gasteiger partial charge in [0.15, 0.2) is 0 Å². The Morgan fingerprint density at radius 3 is 2.70 bits per heavy atom. The molecule has 1 unspecified atom stereocenters. The van der Waals surface area contributed by atoms with Crippen LogP contribution < -0.4 is 9.46 Å². The van der Waals surface area contributed by atoms with Crippen molar-refractivity contribution in [2.24, 2.45) is 0 Å². The van der Waals surface area contributed by atoms with Gasteiger partial charge in [0.1, 0.15) is 5.75 Å². The first kappa shape index (κ1) is 15.8. The van der Waals surface area contributed by atoms with E-state index in [4.69, 9.17) is 4.74 Å². The number of sulfonamides is 1. The average molecular weight is 329 g/mol. The molecule has 1 heterocycles. The fraction of sp³-hybridized carbons (Fsp3) is 0.222. The quantitative estimate of drug-likeness (QED) is 0.917. The van der Waals surface area contributed by atoms with E-state index < -0.39 is 10.0 Å². The lowest BCUT2D eigenvalue weighted by Crippen LogP contribution is -2.27. The highest BCUT2D eigenvalue weighted by Gasteiger charge is 2.24. The topological polar surface area (TPSA) is 55.4 Å². The van der Waals surface area contributed by atoms with Crippen molar-refractivity contribution in [2.45, 2.75) is 12.8 Å². The summed E-state index contributed by atoms with van der Waals surface area (Å²) in [5, 5.41) is 1.21. The van der Waals surface area contributed by atoms with E-state index in [1.54, 1.807) is 6.08 Å². The second-order valence-electron chi connectivity index (χ2n) is 5.65. The summed E-state index contributed by atoms with van der Waals surface area (Å²) in [5.41, 5.74) is 3.05. The summed E-state index contributed by atoms with van der Waals surface area (Å²) in [5.74, 6) is 0.889. The van der Waals surface area contributed by atoms with Crippen LogP contribution in [-0.4, -0.2) is 21.6 Å². The first-order chi connectivity index (χ1) is 11.0. The Labute approximate surface area is 136 Å². The van der Waals surface area contributed by atoms with E-state index in [0.717, 1.165) is 22.4 Å². The molecule has 0 aromatic heterocycles. The van der Waals surface area contributed by atoms with E-state index in [9.17, 15) is 8.42 Å². The second-order valence-corrected chi connectivity index (χ2v) is 7.30. The summed E-state index contributed by atoms with van der Waals surface area (Å²) in [7, 11) is -3.47. The Bertz CT molecular complexity index is 810. The third kappa shape index (κ3) is 4.00. The molecule has 0 amide bonds.